The first kappa shape index (κ1) is 19.5. The summed E-state index contributed by atoms with van der Waals surface area (Å²) in [4.78, 5) is 12.5. The van der Waals surface area contributed by atoms with Gasteiger partial charge in [0.25, 0.3) is 5.91 Å². The molecular formula is C19H27ClN4O. The summed E-state index contributed by atoms with van der Waals surface area (Å²) in [5.41, 5.74) is 7.66. The number of nitrogens with zero attached hydrogens (tertiary/aromatic N) is 2. The summed E-state index contributed by atoms with van der Waals surface area (Å²) < 4.78 is 1.79. The predicted octanol–water partition coefficient (Wildman–Crippen LogP) is 2.99. The molecule has 1 saturated carbocycles. The van der Waals surface area contributed by atoms with Crippen molar-refractivity contribution >= 4 is 18.3 Å². The Bertz CT molecular complexity index is 652. The minimum Gasteiger partial charge on any atom is -0.348 e. The maximum Gasteiger partial charge on any atom is 0.254 e. The second kappa shape index (κ2) is 9.59. The smallest absolute Gasteiger partial charge is 0.254 e. The maximum atomic E-state index is 12.5. The highest BCUT2D eigenvalue weighted by molar-refractivity contribution is 5.93. The van der Waals surface area contributed by atoms with Crippen LogP contribution >= 0.6 is 12.4 Å². The summed E-state index contributed by atoms with van der Waals surface area (Å²) in [6.45, 7) is 1.16. The largest absolute Gasteiger partial charge is 0.348 e. The van der Waals surface area contributed by atoms with Crippen LogP contribution in [0, 0.1) is 5.92 Å². The van der Waals surface area contributed by atoms with Crippen LogP contribution in [0.5, 0.6) is 0 Å². The van der Waals surface area contributed by atoms with E-state index in [0.29, 0.717) is 24.6 Å². The number of carbonyl (C=O) groups excluding carboxylic acids is 1. The lowest BCUT2D eigenvalue weighted by atomic mass is 9.84. The maximum absolute atomic E-state index is 12.5. The van der Waals surface area contributed by atoms with E-state index in [0.717, 1.165) is 18.4 Å². The first-order valence-electron chi connectivity index (χ1n) is 8.83. The molecule has 6 heteroatoms. The molecule has 3 N–H and O–H groups in total. The minimum atomic E-state index is -0.0738. The molecular weight excluding hydrogens is 336 g/mol. The highest BCUT2D eigenvalue weighted by Crippen LogP contribution is 2.26. The Morgan fingerprint density at radius 1 is 1.24 bits per heavy atom. The summed E-state index contributed by atoms with van der Waals surface area (Å²) in [6.07, 6.45) is 9.54. The van der Waals surface area contributed by atoms with Crippen molar-refractivity contribution < 1.29 is 4.79 Å². The van der Waals surface area contributed by atoms with Crippen molar-refractivity contribution in [1.29, 1.82) is 0 Å². The Hall–Kier alpha value is -1.85. The van der Waals surface area contributed by atoms with Crippen LogP contribution in [0.25, 0.3) is 0 Å². The Morgan fingerprint density at radius 3 is 2.64 bits per heavy atom. The van der Waals surface area contributed by atoms with E-state index in [9.17, 15) is 4.79 Å². The zero-order valence-corrected chi connectivity index (χ0v) is 15.3. The fourth-order valence-electron chi connectivity index (χ4n) is 3.50. The molecule has 1 fully saturated rings. The van der Waals surface area contributed by atoms with E-state index in [-0.39, 0.29) is 24.4 Å². The van der Waals surface area contributed by atoms with Crippen molar-refractivity contribution in [2.75, 3.05) is 6.54 Å². The van der Waals surface area contributed by atoms with Crippen LogP contribution in [0.3, 0.4) is 0 Å². The number of aromatic nitrogens is 2. The normalized spacial score (nSPS) is 16.0. The van der Waals surface area contributed by atoms with Crippen molar-refractivity contribution in [2.24, 2.45) is 11.7 Å². The average molecular weight is 363 g/mol. The van der Waals surface area contributed by atoms with Gasteiger partial charge in [0.05, 0.1) is 18.3 Å². The fraction of sp³-hybridized carbons (Fsp3) is 0.474. The molecule has 1 aliphatic rings. The SMILES string of the molecule is Cl.NCC(NC(=O)c1cnn(Cc2ccccc2)c1)C1CCCCC1. The van der Waals surface area contributed by atoms with Gasteiger partial charge in [-0.1, -0.05) is 49.6 Å². The second-order valence-corrected chi connectivity index (χ2v) is 6.63. The van der Waals surface area contributed by atoms with E-state index in [1.54, 1.807) is 17.1 Å². The van der Waals surface area contributed by atoms with Crippen molar-refractivity contribution in [3.8, 4) is 0 Å². The quantitative estimate of drug-likeness (QED) is 0.829. The van der Waals surface area contributed by atoms with E-state index in [1.807, 2.05) is 18.2 Å². The van der Waals surface area contributed by atoms with E-state index < -0.39 is 0 Å². The van der Waals surface area contributed by atoms with Gasteiger partial charge in [0.15, 0.2) is 0 Å². The molecule has 1 heterocycles. The van der Waals surface area contributed by atoms with Crippen molar-refractivity contribution in [3.05, 3.63) is 53.9 Å². The van der Waals surface area contributed by atoms with Crippen LogP contribution < -0.4 is 11.1 Å². The van der Waals surface area contributed by atoms with Crippen LogP contribution in [0.4, 0.5) is 0 Å². The number of nitrogens with two attached hydrogens (primary N) is 1. The monoisotopic (exact) mass is 362 g/mol. The summed E-state index contributed by atoms with van der Waals surface area (Å²) in [5.74, 6) is 0.433. The third-order valence-corrected chi connectivity index (χ3v) is 4.87. The van der Waals surface area contributed by atoms with Gasteiger partial charge in [-0.25, -0.2) is 0 Å². The molecule has 2 aromatic rings. The van der Waals surface area contributed by atoms with Crippen LogP contribution in [0.1, 0.15) is 48.0 Å². The number of carbonyl (C=O) groups is 1. The summed E-state index contributed by atoms with van der Waals surface area (Å²) in [5, 5.41) is 7.42. The van der Waals surface area contributed by atoms with Crippen LogP contribution in [0.2, 0.25) is 0 Å². The molecule has 1 amide bonds. The van der Waals surface area contributed by atoms with Gasteiger partial charge in [-0.3, -0.25) is 9.48 Å². The van der Waals surface area contributed by atoms with Crippen LogP contribution in [-0.2, 0) is 6.54 Å². The molecule has 0 radical (unpaired) electrons. The zero-order valence-electron chi connectivity index (χ0n) is 14.4. The molecule has 0 saturated heterocycles. The summed E-state index contributed by atoms with van der Waals surface area (Å²) in [6, 6.07) is 10.2. The first-order valence-corrected chi connectivity index (χ1v) is 8.83. The number of halogens is 1. The number of benzene rings is 1. The Balaban J connectivity index is 0.00000225. The van der Waals surface area contributed by atoms with Crippen LogP contribution in [-0.4, -0.2) is 28.3 Å². The molecule has 1 atom stereocenters. The lowest BCUT2D eigenvalue weighted by Crippen LogP contribution is -2.45. The minimum absolute atomic E-state index is 0. The first-order chi connectivity index (χ1) is 11.8. The van der Waals surface area contributed by atoms with Gasteiger partial charge in [0.2, 0.25) is 0 Å². The third kappa shape index (κ3) is 5.31. The van der Waals surface area contributed by atoms with E-state index >= 15 is 0 Å². The van der Waals surface area contributed by atoms with Crippen molar-refractivity contribution in [1.82, 2.24) is 15.1 Å². The molecule has 0 spiro atoms. The van der Waals surface area contributed by atoms with Crippen LogP contribution in [0.15, 0.2) is 42.7 Å². The van der Waals surface area contributed by atoms with E-state index in [4.69, 9.17) is 5.73 Å². The molecule has 25 heavy (non-hydrogen) atoms. The van der Waals surface area contributed by atoms with Gasteiger partial charge in [-0.15, -0.1) is 12.4 Å². The topological polar surface area (TPSA) is 72.9 Å². The molecule has 136 valence electrons. The number of nitrogens with one attached hydrogen (secondary N) is 1. The van der Waals surface area contributed by atoms with Crippen molar-refractivity contribution in [3.63, 3.8) is 0 Å². The number of hydrogen-bond acceptors (Lipinski definition) is 3. The van der Waals surface area contributed by atoms with Crippen molar-refractivity contribution in [2.45, 2.75) is 44.7 Å². The molecule has 1 aromatic carbocycles. The Morgan fingerprint density at radius 2 is 1.96 bits per heavy atom. The predicted molar refractivity (Wildman–Crippen MR) is 102 cm³/mol. The molecule has 3 rings (SSSR count). The fourth-order valence-corrected chi connectivity index (χ4v) is 3.50. The van der Waals surface area contributed by atoms with E-state index in [2.05, 4.69) is 22.5 Å². The van der Waals surface area contributed by atoms with E-state index in [1.165, 1.54) is 19.3 Å². The van der Waals surface area contributed by atoms with Gasteiger partial charge in [0, 0.05) is 18.8 Å². The van der Waals surface area contributed by atoms with Gasteiger partial charge < -0.3 is 11.1 Å². The summed E-state index contributed by atoms with van der Waals surface area (Å²) >= 11 is 0. The second-order valence-electron chi connectivity index (χ2n) is 6.63. The van der Waals surface area contributed by atoms with Gasteiger partial charge in [-0.2, -0.15) is 5.10 Å². The standard InChI is InChI=1S/C19H26N4O.ClH/c20-11-18(16-9-5-2-6-10-16)22-19(24)17-12-21-23(14-17)13-15-7-3-1-4-8-15;/h1,3-4,7-8,12,14,16,18H,2,5-6,9-11,13,20H2,(H,22,24);1H. The van der Waals surface area contributed by atoms with Gasteiger partial charge in [-0.05, 0) is 24.3 Å². The third-order valence-electron chi connectivity index (χ3n) is 4.87. The number of rotatable bonds is 6. The Kier molecular flexibility index (Phi) is 7.47. The molecule has 1 unspecified atom stereocenters. The van der Waals surface area contributed by atoms with Gasteiger partial charge in [0.1, 0.15) is 0 Å². The molecule has 5 nitrogen and oxygen atoms in total. The highest BCUT2D eigenvalue weighted by Gasteiger charge is 2.24. The number of amides is 1. The lowest BCUT2D eigenvalue weighted by Gasteiger charge is -2.29. The molecule has 0 bridgehead atoms. The lowest BCUT2D eigenvalue weighted by molar-refractivity contribution is 0.0915. The highest BCUT2D eigenvalue weighted by atomic mass is 35.5. The van der Waals surface area contributed by atoms with Gasteiger partial charge >= 0.3 is 0 Å². The average Bonchev–Trinajstić information content (AvgIpc) is 3.10. The zero-order chi connectivity index (χ0) is 16.8. The molecule has 1 aromatic heterocycles. The summed E-state index contributed by atoms with van der Waals surface area (Å²) in [7, 11) is 0. The number of hydrogen-bond donors (Lipinski definition) is 2. The molecule has 1 aliphatic carbocycles. The Labute approximate surface area is 155 Å². The molecule has 0 aliphatic heterocycles.